The number of hydrogen-bond donors (Lipinski definition) is 2. The van der Waals surface area contributed by atoms with Gasteiger partial charge in [0.15, 0.2) is 0 Å². The van der Waals surface area contributed by atoms with E-state index in [1.165, 1.54) is 12.1 Å². The van der Waals surface area contributed by atoms with Gasteiger partial charge in [-0.1, -0.05) is 19.3 Å². The first kappa shape index (κ1) is 24.1. The molecule has 1 aromatic heterocycles. The Morgan fingerprint density at radius 2 is 1.83 bits per heavy atom. The molecule has 1 fully saturated rings. The topological polar surface area (TPSA) is 72.9 Å². The number of carbonyl (C=O) groups is 1. The number of halogens is 3. The van der Waals surface area contributed by atoms with Crippen LogP contribution in [0.25, 0.3) is 22.4 Å². The third-order valence-corrected chi connectivity index (χ3v) is 5.77. The van der Waals surface area contributed by atoms with Crippen molar-refractivity contribution < 1.29 is 9.18 Å². The summed E-state index contributed by atoms with van der Waals surface area (Å²) in [7, 11) is 1.91. The van der Waals surface area contributed by atoms with Gasteiger partial charge >= 0.3 is 0 Å². The molecule has 0 spiro atoms. The van der Waals surface area contributed by atoms with E-state index >= 15 is 0 Å². The molecule has 1 saturated carbocycles. The molecule has 0 unspecified atom stereocenters. The molecule has 0 bridgehead atoms. The van der Waals surface area contributed by atoms with Crippen molar-refractivity contribution in [2.45, 2.75) is 44.6 Å². The molecule has 3 N–H and O–H groups in total. The van der Waals surface area contributed by atoms with Gasteiger partial charge in [0.25, 0.3) is 0 Å². The number of aromatic nitrogens is 2. The van der Waals surface area contributed by atoms with Crippen molar-refractivity contribution in [1.82, 2.24) is 9.55 Å². The largest absolute Gasteiger partial charge is 0.327 e. The van der Waals surface area contributed by atoms with Crippen molar-refractivity contribution in [2.75, 3.05) is 5.32 Å². The van der Waals surface area contributed by atoms with Gasteiger partial charge < -0.3 is 15.6 Å². The van der Waals surface area contributed by atoms with Crippen LogP contribution >= 0.6 is 24.8 Å². The van der Waals surface area contributed by atoms with Crippen molar-refractivity contribution in [1.29, 1.82) is 0 Å². The SMILES string of the molecule is Cc1cc(-c2nc3cc(F)ccc3n2C)ccc1NC(=O)C1(N)CCCCC1.Cl.Cl. The summed E-state index contributed by atoms with van der Waals surface area (Å²) in [5.74, 6) is 0.343. The van der Waals surface area contributed by atoms with E-state index in [2.05, 4.69) is 10.3 Å². The minimum atomic E-state index is -0.773. The second-order valence-corrected chi connectivity index (χ2v) is 7.83. The Morgan fingerprint density at radius 3 is 2.50 bits per heavy atom. The molecular formula is C22H27Cl2FN4O. The zero-order chi connectivity index (χ0) is 19.9. The fraction of sp³-hybridized carbons (Fsp3) is 0.364. The number of benzene rings is 2. The summed E-state index contributed by atoms with van der Waals surface area (Å²) in [6.07, 6.45) is 4.59. The number of nitrogens with two attached hydrogens (primary N) is 1. The molecule has 3 aromatic rings. The van der Waals surface area contributed by atoms with Gasteiger partial charge in [0, 0.05) is 24.4 Å². The summed E-state index contributed by atoms with van der Waals surface area (Å²) in [5.41, 5.74) is 9.66. The second kappa shape index (κ2) is 9.33. The van der Waals surface area contributed by atoms with Crippen LogP contribution in [0.3, 0.4) is 0 Å². The average molecular weight is 453 g/mol. The van der Waals surface area contributed by atoms with Gasteiger partial charge in [-0.2, -0.15) is 0 Å². The number of anilines is 1. The van der Waals surface area contributed by atoms with Gasteiger partial charge in [0.1, 0.15) is 11.6 Å². The molecule has 30 heavy (non-hydrogen) atoms. The highest BCUT2D eigenvalue weighted by molar-refractivity contribution is 5.98. The summed E-state index contributed by atoms with van der Waals surface area (Å²) in [6.45, 7) is 1.95. The molecule has 5 nitrogen and oxygen atoms in total. The van der Waals surface area contributed by atoms with E-state index in [9.17, 15) is 9.18 Å². The predicted octanol–water partition coefficient (Wildman–Crippen LogP) is 5.13. The number of rotatable bonds is 3. The number of nitrogens with zero attached hydrogens (tertiary/aromatic N) is 2. The Labute approximate surface area is 188 Å². The molecule has 0 aliphatic heterocycles. The zero-order valence-corrected chi connectivity index (χ0v) is 18.7. The van der Waals surface area contributed by atoms with Crippen molar-refractivity contribution in [2.24, 2.45) is 12.8 Å². The predicted molar refractivity (Wildman–Crippen MR) is 124 cm³/mol. The first-order valence-corrected chi connectivity index (χ1v) is 9.71. The average Bonchev–Trinajstić information content (AvgIpc) is 2.99. The molecule has 0 atom stereocenters. The van der Waals surface area contributed by atoms with Crippen LogP contribution in [0.2, 0.25) is 0 Å². The Hall–Kier alpha value is -2.15. The summed E-state index contributed by atoms with van der Waals surface area (Å²) in [6, 6.07) is 10.4. The van der Waals surface area contributed by atoms with E-state index in [4.69, 9.17) is 5.73 Å². The van der Waals surface area contributed by atoms with Crippen LogP contribution in [0, 0.1) is 12.7 Å². The number of imidazole rings is 1. The molecule has 8 heteroatoms. The molecule has 1 aliphatic carbocycles. The molecule has 1 amide bonds. The van der Waals surface area contributed by atoms with Crippen molar-refractivity contribution >= 4 is 47.4 Å². The van der Waals surface area contributed by atoms with Crippen LogP contribution in [0.1, 0.15) is 37.7 Å². The summed E-state index contributed by atoms with van der Waals surface area (Å²) < 4.78 is 15.4. The standard InChI is InChI=1S/C22H25FN4O.2ClH/c1-14-12-15(20-25-18-13-16(23)7-9-19(18)27(20)2)6-8-17(14)26-21(28)22(24)10-4-3-5-11-22;;/h6-9,12-13H,3-5,10-11,24H2,1-2H3,(H,26,28);2*1H. The van der Waals surface area contributed by atoms with E-state index in [1.807, 2.05) is 36.7 Å². The van der Waals surface area contributed by atoms with Crippen LogP contribution < -0.4 is 11.1 Å². The maximum absolute atomic E-state index is 13.5. The third kappa shape index (κ3) is 4.46. The molecule has 0 radical (unpaired) electrons. The van der Waals surface area contributed by atoms with Gasteiger partial charge in [0.2, 0.25) is 5.91 Å². The first-order chi connectivity index (χ1) is 13.4. The first-order valence-electron chi connectivity index (χ1n) is 9.71. The minimum absolute atomic E-state index is 0. The van der Waals surface area contributed by atoms with Gasteiger partial charge in [0.05, 0.1) is 16.6 Å². The molecule has 1 aliphatic rings. The number of hydrogen-bond acceptors (Lipinski definition) is 3. The highest BCUT2D eigenvalue weighted by Crippen LogP contribution is 2.30. The van der Waals surface area contributed by atoms with Gasteiger partial charge in [-0.05, 0) is 55.7 Å². The molecular weight excluding hydrogens is 426 g/mol. The van der Waals surface area contributed by atoms with E-state index in [0.29, 0.717) is 5.52 Å². The third-order valence-electron chi connectivity index (χ3n) is 5.77. The quantitative estimate of drug-likeness (QED) is 0.578. The lowest BCUT2D eigenvalue weighted by molar-refractivity contribution is -0.122. The van der Waals surface area contributed by atoms with E-state index in [1.54, 1.807) is 6.07 Å². The smallest absolute Gasteiger partial charge is 0.244 e. The molecule has 4 rings (SSSR count). The summed E-state index contributed by atoms with van der Waals surface area (Å²) >= 11 is 0. The lowest BCUT2D eigenvalue weighted by Crippen LogP contribution is -2.52. The summed E-state index contributed by atoms with van der Waals surface area (Å²) in [5, 5.41) is 3.01. The lowest BCUT2D eigenvalue weighted by Gasteiger charge is -2.32. The van der Waals surface area contributed by atoms with Crippen LogP contribution in [0.15, 0.2) is 36.4 Å². The Bertz CT molecular complexity index is 1060. The van der Waals surface area contributed by atoms with E-state index < -0.39 is 5.54 Å². The van der Waals surface area contributed by atoms with Gasteiger partial charge in [-0.15, -0.1) is 24.8 Å². The fourth-order valence-electron chi connectivity index (χ4n) is 4.03. The van der Waals surface area contributed by atoms with Gasteiger partial charge in [-0.25, -0.2) is 9.37 Å². The maximum atomic E-state index is 13.5. The van der Waals surface area contributed by atoms with Crippen molar-refractivity contribution in [3.63, 3.8) is 0 Å². The molecule has 1 heterocycles. The van der Waals surface area contributed by atoms with Crippen LogP contribution in [0.5, 0.6) is 0 Å². The second-order valence-electron chi connectivity index (χ2n) is 7.83. The van der Waals surface area contributed by atoms with Crippen molar-refractivity contribution in [3.8, 4) is 11.4 Å². The fourth-order valence-corrected chi connectivity index (χ4v) is 4.03. The van der Waals surface area contributed by atoms with E-state index in [0.717, 1.165) is 60.3 Å². The molecule has 2 aromatic carbocycles. The Balaban J connectivity index is 0.00000160. The number of aryl methyl sites for hydroxylation is 2. The molecule has 0 saturated heterocycles. The minimum Gasteiger partial charge on any atom is -0.327 e. The number of nitrogens with one attached hydrogen (secondary N) is 1. The lowest BCUT2D eigenvalue weighted by atomic mass is 9.82. The summed E-state index contributed by atoms with van der Waals surface area (Å²) in [4.78, 5) is 17.3. The normalized spacial score (nSPS) is 15.2. The van der Waals surface area contributed by atoms with E-state index in [-0.39, 0.29) is 36.5 Å². The number of amides is 1. The monoisotopic (exact) mass is 452 g/mol. The van der Waals surface area contributed by atoms with Crippen LogP contribution in [-0.4, -0.2) is 21.0 Å². The number of carbonyl (C=O) groups excluding carboxylic acids is 1. The van der Waals surface area contributed by atoms with Crippen LogP contribution in [-0.2, 0) is 11.8 Å². The molecule has 162 valence electrons. The Kier molecular flexibility index (Phi) is 7.50. The maximum Gasteiger partial charge on any atom is 0.244 e. The zero-order valence-electron chi connectivity index (χ0n) is 17.1. The van der Waals surface area contributed by atoms with Crippen LogP contribution in [0.4, 0.5) is 10.1 Å². The Morgan fingerprint density at radius 1 is 1.13 bits per heavy atom. The van der Waals surface area contributed by atoms with Gasteiger partial charge in [-0.3, -0.25) is 4.79 Å². The number of fused-ring (bicyclic) bond motifs is 1. The highest BCUT2D eigenvalue weighted by atomic mass is 35.5. The van der Waals surface area contributed by atoms with Crippen molar-refractivity contribution in [3.05, 3.63) is 47.8 Å². The highest BCUT2D eigenvalue weighted by Gasteiger charge is 2.35.